The number of amides is 1. The molecule has 9 heteroatoms. The van der Waals surface area contributed by atoms with E-state index in [4.69, 9.17) is 9.84 Å². The predicted octanol–water partition coefficient (Wildman–Crippen LogP) is 7.03. The number of carbonyl (C=O) groups excluding carboxylic acids is 1. The van der Waals surface area contributed by atoms with E-state index in [1.165, 1.54) is 24.3 Å². The Hall–Kier alpha value is -3.59. The zero-order chi connectivity index (χ0) is 29.1. The van der Waals surface area contributed by atoms with Crippen LogP contribution in [-0.4, -0.2) is 35.5 Å². The van der Waals surface area contributed by atoms with Crippen LogP contribution in [0, 0.1) is 12.7 Å². The first-order chi connectivity index (χ1) is 18.5. The van der Waals surface area contributed by atoms with Gasteiger partial charge in [0.15, 0.2) is 0 Å². The molecule has 0 aliphatic carbocycles. The molecule has 1 aliphatic rings. The largest absolute Gasteiger partial charge is 0.481 e. The minimum absolute atomic E-state index is 0.0276. The summed E-state index contributed by atoms with van der Waals surface area (Å²) in [5.41, 5.74) is 3.21. The number of nitrogens with zero attached hydrogens (tertiary/aromatic N) is 1. The number of halogens is 2. The number of aliphatic carboxylic acids is 1. The van der Waals surface area contributed by atoms with Crippen LogP contribution in [0.2, 0.25) is 0 Å². The monoisotopic (exact) mass is 558 g/mol. The van der Waals surface area contributed by atoms with Crippen molar-refractivity contribution in [3.8, 4) is 11.5 Å². The summed E-state index contributed by atoms with van der Waals surface area (Å²) in [5.74, 6) is -1.51. The molecule has 2 N–H and O–H groups in total. The van der Waals surface area contributed by atoms with Gasteiger partial charge in [0.2, 0.25) is 0 Å². The second-order valence-corrected chi connectivity index (χ2v) is 9.40. The SMILES string of the molecule is C/C1=C(\C(=O)NC(S)c2cc(F)cc(Oc3ccc(CCC(=O)O)c(C)c3)c2)N(C)C/C=C\C(F)=C/C1.CC. The summed E-state index contributed by atoms with van der Waals surface area (Å²) < 4.78 is 34.1. The first-order valence-electron chi connectivity index (χ1n) is 12.7. The molecule has 39 heavy (non-hydrogen) atoms. The van der Waals surface area contributed by atoms with Gasteiger partial charge in [-0.25, -0.2) is 8.78 Å². The van der Waals surface area contributed by atoms with Gasteiger partial charge in [0.25, 0.3) is 5.91 Å². The molecule has 210 valence electrons. The number of thiol groups is 1. The number of hydrogen-bond acceptors (Lipinski definition) is 5. The van der Waals surface area contributed by atoms with Crippen LogP contribution in [0.1, 0.15) is 55.7 Å². The number of carboxylic acids is 1. The summed E-state index contributed by atoms with van der Waals surface area (Å²) in [5, 5.41) is 10.8. The summed E-state index contributed by atoms with van der Waals surface area (Å²) in [6, 6.07) is 9.32. The fourth-order valence-electron chi connectivity index (χ4n) is 3.99. The van der Waals surface area contributed by atoms with Crippen molar-refractivity contribution in [2.45, 2.75) is 52.3 Å². The minimum atomic E-state index is -0.869. The Kier molecular flexibility index (Phi) is 12.3. The molecular weight excluding hydrogens is 522 g/mol. The molecular formula is C30H36F2N2O4S. The third-order valence-corrected chi connectivity index (χ3v) is 6.32. The second-order valence-electron chi connectivity index (χ2n) is 8.89. The number of benzene rings is 2. The van der Waals surface area contributed by atoms with Crippen molar-refractivity contribution in [1.29, 1.82) is 0 Å². The molecule has 2 aromatic carbocycles. The van der Waals surface area contributed by atoms with Gasteiger partial charge >= 0.3 is 5.97 Å². The number of nitrogens with one attached hydrogen (secondary N) is 1. The summed E-state index contributed by atoms with van der Waals surface area (Å²) in [7, 11) is 1.74. The topological polar surface area (TPSA) is 78.9 Å². The van der Waals surface area contributed by atoms with Gasteiger partial charge in [0.05, 0.1) is 5.37 Å². The molecule has 0 saturated heterocycles. The Morgan fingerprint density at radius 2 is 1.85 bits per heavy atom. The van der Waals surface area contributed by atoms with Gasteiger partial charge in [0, 0.05) is 26.1 Å². The van der Waals surface area contributed by atoms with Crippen LogP contribution in [0.15, 0.2) is 71.7 Å². The molecule has 1 heterocycles. The highest BCUT2D eigenvalue weighted by atomic mass is 32.1. The third-order valence-electron chi connectivity index (χ3n) is 5.90. The van der Waals surface area contributed by atoms with Gasteiger partial charge in [0.1, 0.15) is 28.8 Å². The molecule has 0 bridgehead atoms. The lowest BCUT2D eigenvalue weighted by Crippen LogP contribution is -2.35. The average Bonchev–Trinajstić information content (AvgIpc) is 2.93. The number of hydrogen-bond donors (Lipinski definition) is 3. The van der Waals surface area contributed by atoms with Crippen LogP contribution in [0.4, 0.5) is 8.78 Å². The summed E-state index contributed by atoms with van der Waals surface area (Å²) >= 11 is 4.48. The van der Waals surface area contributed by atoms with E-state index in [0.29, 0.717) is 35.5 Å². The van der Waals surface area contributed by atoms with E-state index >= 15 is 0 Å². The number of carboxylic acid groups (broad SMARTS) is 1. The molecule has 1 atom stereocenters. The zero-order valence-corrected chi connectivity index (χ0v) is 23.8. The Morgan fingerprint density at radius 1 is 1.13 bits per heavy atom. The van der Waals surface area contributed by atoms with Crippen molar-refractivity contribution in [3.05, 3.63) is 94.2 Å². The minimum Gasteiger partial charge on any atom is -0.481 e. The maximum absolute atomic E-state index is 14.5. The zero-order valence-electron chi connectivity index (χ0n) is 22.9. The van der Waals surface area contributed by atoms with Crippen LogP contribution in [-0.2, 0) is 16.0 Å². The molecule has 0 fully saturated rings. The van der Waals surface area contributed by atoms with E-state index in [1.807, 2.05) is 20.8 Å². The van der Waals surface area contributed by atoms with E-state index in [9.17, 15) is 18.4 Å². The highest BCUT2D eigenvalue weighted by Crippen LogP contribution is 2.29. The molecule has 0 saturated carbocycles. The lowest BCUT2D eigenvalue weighted by molar-refractivity contribution is -0.137. The number of likely N-dealkylation sites (N-methyl/N-ethyl adjacent to an activating group) is 1. The standard InChI is InChI=1S/C28H30F2N2O4S.C2H6/c1-17-6-9-21(29)5-4-12-32(3)26(17)27(35)31-28(37)20-14-22(30)16-24(15-20)36-23-10-7-19(18(2)13-23)8-11-25(33)34;1-2/h4-5,7,9-10,13-16,28,37H,6,8,11-12H2,1-3H3,(H,31,35)(H,33,34);1-2H3/b5-4-,21-9+,26-17-;. The van der Waals surface area contributed by atoms with Gasteiger partial charge in [-0.3, -0.25) is 9.59 Å². The lowest BCUT2D eigenvalue weighted by atomic mass is 10.0. The first-order valence-corrected chi connectivity index (χ1v) is 13.3. The lowest BCUT2D eigenvalue weighted by Gasteiger charge is -2.24. The van der Waals surface area contributed by atoms with E-state index in [2.05, 4.69) is 17.9 Å². The molecule has 0 aromatic heterocycles. The van der Waals surface area contributed by atoms with Crippen molar-refractivity contribution < 1.29 is 28.2 Å². The van der Waals surface area contributed by atoms with Crippen molar-refractivity contribution in [2.24, 2.45) is 0 Å². The van der Waals surface area contributed by atoms with Gasteiger partial charge in [-0.15, -0.1) is 12.6 Å². The smallest absolute Gasteiger partial charge is 0.303 e. The fourth-order valence-corrected chi connectivity index (χ4v) is 4.26. The van der Waals surface area contributed by atoms with Crippen LogP contribution >= 0.6 is 12.6 Å². The van der Waals surface area contributed by atoms with Crippen LogP contribution in [0.3, 0.4) is 0 Å². The highest BCUT2D eigenvalue weighted by molar-refractivity contribution is 7.80. The molecule has 2 aromatic rings. The van der Waals surface area contributed by atoms with Gasteiger partial charge in [-0.1, -0.05) is 26.0 Å². The Balaban J connectivity index is 0.00000260. The number of carbonyl (C=O) groups is 2. The molecule has 0 spiro atoms. The molecule has 1 amide bonds. The number of rotatable bonds is 8. The summed E-state index contributed by atoms with van der Waals surface area (Å²) in [6.07, 6.45) is 5.11. The van der Waals surface area contributed by atoms with E-state index in [0.717, 1.165) is 11.1 Å². The average molecular weight is 559 g/mol. The number of ether oxygens (including phenoxy) is 1. The van der Waals surface area contributed by atoms with Crippen molar-refractivity contribution in [3.63, 3.8) is 0 Å². The summed E-state index contributed by atoms with van der Waals surface area (Å²) in [6.45, 7) is 7.95. The molecule has 1 aliphatic heterocycles. The van der Waals surface area contributed by atoms with Gasteiger partial charge in [-0.2, -0.15) is 0 Å². The first kappa shape index (κ1) is 31.6. The predicted molar refractivity (Wildman–Crippen MR) is 153 cm³/mol. The molecule has 6 nitrogen and oxygen atoms in total. The second kappa shape index (κ2) is 15.1. The third kappa shape index (κ3) is 9.58. The maximum Gasteiger partial charge on any atom is 0.303 e. The Morgan fingerprint density at radius 3 is 2.51 bits per heavy atom. The Bertz CT molecular complexity index is 1270. The van der Waals surface area contributed by atoms with Crippen LogP contribution in [0.5, 0.6) is 11.5 Å². The highest BCUT2D eigenvalue weighted by Gasteiger charge is 2.21. The number of allylic oxidation sites excluding steroid dienone is 4. The molecule has 3 rings (SSSR count). The maximum atomic E-state index is 14.5. The molecule has 0 radical (unpaired) electrons. The van der Waals surface area contributed by atoms with Gasteiger partial charge in [-0.05, 0) is 85.4 Å². The van der Waals surface area contributed by atoms with Crippen LogP contribution < -0.4 is 10.1 Å². The quantitative estimate of drug-likeness (QED) is 0.239. The van der Waals surface area contributed by atoms with Crippen molar-refractivity contribution in [2.75, 3.05) is 13.6 Å². The normalized spacial score (nSPS) is 18.3. The van der Waals surface area contributed by atoms with Crippen LogP contribution in [0.25, 0.3) is 0 Å². The van der Waals surface area contributed by atoms with E-state index in [1.54, 1.807) is 49.2 Å². The summed E-state index contributed by atoms with van der Waals surface area (Å²) in [4.78, 5) is 25.7. The van der Waals surface area contributed by atoms with E-state index < -0.39 is 23.1 Å². The Labute approximate surface area is 234 Å². The van der Waals surface area contributed by atoms with Crippen molar-refractivity contribution >= 4 is 24.5 Å². The fraction of sp³-hybridized carbons (Fsp3) is 0.333. The van der Waals surface area contributed by atoms with Gasteiger partial charge < -0.3 is 20.1 Å². The van der Waals surface area contributed by atoms with E-state index in [-0.39, 0.29) is 24.4 Å². The number of aryl methyl sites for hydroxylation is 2. The molecule has 1 unspecified atom stereocenters. The van der Waals surface area contributed by atoms with Crippen molar-refractivity contribution in [1.82, 2.24) is 10.2 Å².